The van der Waals surface area contributed by atoms with E-state index in [1.165, 1.54) is 128 Å². The molecule has 0 saturated heterocycles. The van der Waals surface area contributed by atoms with Gasteiger partial charge >= 0.3 is 17.9 Å². The van der Waals surface area contributed by atoms with Crippen LogP contribution in [-0.2, 0) is 28.6 Å². The van der Waals surface area contributed by atoms with Crippen molar-refractivity contribution in [2.24, 2.45) is 0 Å². The Labute approximate surface area is 408 Å². The van der Waals surface area contributed by atoms with Gasteiger partial charge in [-0.3, -0.25) is 14.4 Å². The van der Waals surface area contributed by atoms with Gasteiger partial charge in [-0.1, -0.05) is 209 Å². The SMILES string of the molecule is CCCCC/C=C/C/C=C/C/C=C/CCCCCCC(=O)OC[C@@H](COC(=O)CCCCCCC/C=C/CCCCCCC)OC(=O)CCCCCCCCC/C=C/C/C=C/CCCCC. The molecule has 0 rings (SSSR count). The highest BCUT2D eigenvalue weighted by atomic mass is 16.6. The number of unbranched alkanes of at least 4 members (excludes halogenated alkanes) is 27. The Bertz CT molecular complexity index is 1240. The van der Waals surface area contributed by atoms with Crippen molar-refractivity contribution >= 4 is 17.9 Å². The lowest BCUT2D eigenvalue weighted by Gasteiger charge is -2.18. The van der Waals surface area contributed by atoms with Crippen molar-refractivity contribution in [3.8, 4) is 0 Å². The number of rotatable bonds is 50. The number of hydrogen-bond acceptors (Lipinski definition) is 6. The zero-order valence-electron chi connectivity index (χ0n) is 43.4. The molecule has 0 aliphatic carbocycles. The van der Waals surface area contributed by atoms with E-state index in [0.717, 1.165) is 103 Å². The summed E-state index contributed by atoms with van der Waals surface area (Å²) in [6, 6.07) is 0. The van der Waals surface area contributed by atoms with Gasteiger partial charge in [-0.05, 0) is 116 Å². The molecule has 0 aromatic rings. The predicted octanol–water partition coefficient (Wildman–Crippen LogP) is 18.6. The Hall–Kier alpha value is -3.15. The standard InChI is InChI=1S/C60H104O6/c1-4-7-10-13-16-19-22-25-28-30-32-35-38-41-44-47-50-53-59(62)65-56-57(55-64-58(61)52-49-46-43-40-37-34-27-24-21-18-15-12-9-6-3)66-60(63)54-51-48-45-42-39-36-33-31-29-26-23-20-17-14-11-8-5-2/h16-17,19-20,24-29,32,35,57H,4-15,18,21-23,30-31,33-34,36-56H2,1-3H3/b19-16+,20-17+,27-24+,28-25+,29-26+,35-32+/t57-/m1/s1. The summed E-state index contributed by atoms with van der Waals surface area (Å²) in [5, 5.41) is 0. The maximum atomic E-state index is 12.8. The predicted molar refractivity (Wildman–Crippen MR) is 284 cm³/mol. The van der Waals surface area contributed by atoms with Gasteiger partial charge in [0.25, 0.3) is 0 Å². The summed E-state index contributed by atoms with van der Waals surface area (Å²) < 4.78 is 16.8. The fraction of sp³-hybridized carbons (Fsp3) is 0.750. The molecule has 0 amide bonds. The first-order valence-electron chi connectivity index (χ1n) is 27.9. The van der Waals surface area contributed by atoms with Crippen molar-refractivity contribution in [2.75, 3.05) is 13.2 Å². The zero-order valence-corrected chi connectivity index (χ0v) is 43.4. The van der Waals surface area contributed by atoms with Crippen LogP contribution in [0, 0.1) is 0 Å². The van der Waals surface area contributed by atoms with E-state index in [2.05, 4.69) is 93.7 Å². The monoisotopic (exact) mass is 921 g/mol. The minimum Gasteiger partial charge on any atom is -0.462 e. The highest BCUT2D eigenvalue weighted by Gasteiger charge is 2.19. The molecule has 0 fully saturated rings. The summed E-state index contributed by atoms with van der Waals surface area (Å²) in [6.45, 7) is 6.55. The Morgan fingerprint density at radius 1 is 0.303 bits per heavy atom. The molecule has 0 saturated carbocycles. The molecule has 0 N–H and O–H groups in total. The van der Waals surface area contributed by atoms with Crippen molar-refractivity contribution in [3.63, 3.8) is 0 Å². The Kier molecular flexibility index (Phi) is 51.9. The smallest absolute Gasteiger partial charge is 0.306 e. The first-order chi connectivity index (χ1) is 32.5. The van der Waals surface area contributed by atoms with Crippen LogP contribution in [0.25, 0.3) is 0 Å². The van der Waals surface area contributed by atoms with Crippen LogP contribution in [-0.4, -0.2) is 37.2 Å². The summed E-state index contributed by atoms with van der Waals surface area (Å²) in [5.74, 6) is -0.922. The van der Waals surface area contributed by atoms with Crippen LogP contribution in [0.3, 0.4) is 0 Å². The molecule has 0 heterocycles. The first-order valence-corrected chi connectivity index (χ1v) is 27.9. The van der Waals surface area contributed by atoms with Crippen LogP contribution in [0.2, 0.25) is 0 Å². The van der Waals surface area contributed by atoms with E-state index < -0.39 is 6.10 Å². The largest absolute Gasteiger partial charge is 0.462 e. The van der Waals surface area contributed by atoms with Gasteiger partial charge < -0.3 is 14.2 Å². The van der Waals surface area contributed by atoms with Gasteiger partial charge in [-0.2, -0.15) is 0 Å². The Morgan fingerprint density at radius 3 is 0.894 bits per heavy atom. The van der Waals surface area contributed by atoms with Gasteiger partial charge in [0.1, 0.15) is 13.2 Å². The van der Waals surface area contributed by atoms with E-state index in [1.807, 2.05) is 0 Å². The Balaban J connectivity index is 4.45. The molecule has 380 valence electrons. The van der Waals surface area contributed by atoms with E-state index in [0.29, 0.717) is 19.3 Å². The third-order valence-electron chi connectivity index (χ3n) is 11.9. The van der Waals surface area contributed by atoms with Crippen molar-refractivity contribution in [3.05, 3.63) is 72.9 Å². The molecule has 6 nitrogen and oxygen atoms in total. The van der Waals surface area contributed by atoms with Crippen LogP contribution in [0.15, 0.2) is 72.9 Å². The summed E-state index contributed by atoms with van der Waals surface area (Å²) >= 11 is 0. The lowest BCUT2D eigenvalue weighted by Crippen LogP contribution is -2.30. The minimum atomic E-state index is -0.792. The number of esters is 3. The average Bonchev–Trinajstić information content (AvgIpc) is 3.31. The van der Waals surface area contributed by atoms with Gasteiger partial charge in [0.05, 0.1) is 0 Å². The summed E-state index contributed by atoms with van der Waals surface area (Å²) in [5.41, 5.74) is 0. The van der Waals surface area contributed by atoms with E-state index in [9.17, 15) is 14.4 Å². The van der Waals surface area contributed by atoms with Crippen molar-refractivity contribution < 1.29 is 28.6 Å². The molecular formula is C60H104O6. The van der Waals surface area contributed by atoms with E-state index in [-0.39, 0.29) is 31.1 Å². The number of carbonyl (C=O) groups excluding carboxylic acids is 3. The minimum absolute atomic E-state index is 0.0901. The third kappa shape index (κ3) is 51.8. The molecule has 0 spiro atoms. The fourth-order valence-corrected chi connectivity index (χ4v) is 7.65. The highest BCUT2D eigenvalue weighted by Crippen LogP contribution is 2.14. The molecular weight excluding hydrogens is 817 g/mol. The van der Waals surface area contributed by atoms with E-state index >= 15 is 0 Å². The first kappa shape index (κ1) is 62.8. The number of hydrogen-bond donors (Lipinski definition) is 0. The van der Waals surface area contributed by atoms with Crippen LogP contribution in [0.4, 0.5) is 0 Å². The molecule has 66 heavy (non-hydrogen) atoms. The highest BCUT2D eigenvalue weighted by molar-refractivity contribution is 5.71. The Morgan fingerprint density at radius 2 is 0.545 bits per heavy atom. The van der Waals surface area contributed by atoms with Crippen molar-refractivity contribution in [2.45, 2.75) is 277 Å². The van der Waals surface area contributed by atoms with Gasteiger partial charge in [-0.15, -0.1) is 0 Å². The van der Waals surface area contributed by atoms with Crippen LogP contribution < -0.4 is 0 Å². The summed E-state index contributed by atoms with van der Waals surface area (Å²) in [4.78, 5) is 38.1. The quantitative estimate of drug-likeness (QED) is 0.0262. The molecule has 0 aliphatic heterocycles. The maximum Gasteiger partial charge on any atom is 0.306 e. The van der Waals surface area contributed by atoms with E-state index in [4.69, 9.17) is 14.2 Å². The van der Waals surface area contributed by atoms with Crippen LogP contribution in [0.5, 0.6) is 0 Å². The second-order valence-electron chi connectivity index (χ2n) is 18.5. The summed E-state index contributed by atoms with van der Waals surface area (Å²) in [6.07, 6.45) is 68.8. The molecule has 0 aliphatic rings. The maximum absolute atomic E-state index is 12.8. The number of carbonyl (C=O) groups is 3. The molecule has 0 aromatic heterocycles. The number of allylic oxidation sites excluding steroid dienone is 12. The van der Waals surface area contributed by atoms with Crippen molar-refractivity contribution in [1.82, 2.24) is 0 Å². The molecule has 0 radical (unpaired) electrons. The van der Waals surface area contributed by atoms with Crippen molar-refractivity contribution in [1.29, 1.82) is 0 Å². The second-order valence-corrected chi connectivity index (χ2v) is 18.5. The molecule has 1 atom stereocenters. The van der Waals surface area contributed by atoms with Crippen LogP contribution in [0.1, 0.15) is 271 Å². The van der Waals surface area contributed by atoms with Gasteiger partial charge in [0, 0.05) is 19.3 Å². The molecule has 6 heteroatoms. The average molecular weight is 921 g/mol. The zero-order chi connectivity index (χ0) is 47.9. The van der Waals surface area contributed by atoms with Gasteiger partial charge in [0.15, 0.2) is 6.10 Å². The molecule has 0 bridgehead atoms. The normalized spacial score (nSPS) is 12.6. The van der Waals surface area contributed by atoms with Gasteiger partial charge in [0.2, 0.25) is 0 Å². The number of ether oxygens (including phenoxy) is 3. The van der Waals surface area contributed by atoms with Gasteiger partial charge in [-0.25, -0.2) is 0 Å². The summed E-state index contributed by atoms with van der Waals surface area (Å²) in [7, 11) is 0. The molecule has 0 aromatic carbocycles. The third-order valence-corrected chi connectivity index (χ3v) is 11.9. The topological polar surface area (TPSA) is 78.9 Å². The fourth-order valence-electron chi connectivity index (χ4n) is 7.65. The lowest BCUT2D eigenvalue weighted by molar-refractivity contribution is -0.167. The van der Waals surface area contributed by atoms with E-state index in [1.54, 1.807) is 0 Å². The second kappa shape index (κ2) is 54.5. The molecule has 0 unspecified atom stereocenters. The lowest BCUT2D eigenvalue weighted by atomic mass is 10.1. The van der Waals surface area contributed by atoms with Crippen LogP contribution >= 0.6 is 0 Å².